The van der Waals surface area contributed by atoms with Gasteiger partial charge in [0.05, 0.1) is 0 Å². The van der Waals surface area contributed by atoms with Crippen LogP contribution in [0.25, 0.3) is 0 Å². The Balaban J connectivity index is 1.83. The summed E-state index contributed by atoms with van der Waals surface area (Å²) in [5.41, 5.74) is 0.884. The maximum absolute atomic E-state index is 9.74. The quantitative estimate of drug-likeness (QED) is 0.882. The Labute approximate surface area is 118 Å². The molecule has 1 aromatic carbocycles. The van der Waals surface area contributed by atoms with Crippen molar-refractivity contribution < 1.29 is 5.11 Å². The van der Waals surface area contributed by atoms with Gasteiger partial charge in [-0.3, -0.25) is 0 Å². The van der Waals surface area contributed by atoms with E-state index in [9.17, 15) is 5.11 Å². The van der Waals surface area contributed by atoms with Crippen molar-refractivity contribution in [2.24, 2.45) is 0 Å². The van der Waals surface area contributed by atoms with Gasteiger partial charge in [0, 0.05) is 28.4 Å². The predicted molar refractivity (Wildman–Crippen MR) is 79.5 cm³/mol. The molecule has 1 aliphatic carbocycles. The molecule has 4 heteroatoms. The molecule has 0 spiro atoms. The molecule has 1 saturated carbocycles. The average molecular weight is 286 g/mol. The zero-order valence-corrected chi connectivity index (χ0v) is 12.2. The second-order valence-corrected chi connectivity index (χ2v) is 6.44. The van der Waals surface area contributed by atoms with Gasteiger partial charge >= 0.3 is 0 Å². The molecule has 0 aromatic heterocycles. The molecule has 1 fully saturated rings. The van der Waals surface area contributed by atoms with Crippen LogP contribution >= 0.6 is 23.4 Å². The molecule has 2 nitrogen and oxygen atoms in total. The fraction of sp³-hybridized carbons (Fsp3) is 0.571. The van der Waals surface area contributed by atoms with Gasteiger partial charge in [-0.25, -0.2) is 0 Å². The second-order valence-electron chi connectivity index (χ2n) is 4.86. The number of phenols is 1. The highest BCUT2D eigenvalue weighted by atomic mass is 35.5. The van der Waals surface area contributed by atoms with Gasteiger partial charge in [-0.05, 0) is 50.1 Å². The van der Waals surface area contributed by atoms with Crippen LogP contribution in [-0.2, 0) is 6.54 Å². The predicted octanol–water partition coefficient (Wildman–Crippen LogP) is 3.81. The minimum Gasteiger partial charge on any atom is -0.508 e. The third-order valence-electron chi connectivity index (χ3n) is 3.63. The van der Waals surface area contributed by atoms with Gasteiger partial charge in [0.25, 0.3) is 0 Å². The normalized spacial score (nSPS) is 24.1. The topological polar surface area (TPSA) is 32.3 Å². The van der Waals surface area contributed by atoms with Crippen LogP contribution in [0.5, 0.6) is 5.75 Å². The van der Waals surface area contributed by atoms with E-state index in [0.717, 1.165) is 10.8 Å². The highest BCUT2D eigenvalue weighted by Crippen LogP contribution is 2.27. The van der Waals surface area contributed by atoms with Crippen molar-refractivity contribution in [2.75, 3.05) is 6.26 Å². The van der Waals surface area contributed by atoms with E-state index in [2.05, 4.69) is 11.6 Å². The Morgan fingerprint density at radius 1 is 1.33 bits per heavy atom. The number of rotatable bonds is 4. The minimum atomic E-state index is 0.324. The molecule has 2 rings (SSSR count). The van der Waals surface area contributed by atoms with Crippen LogP contribution in [0.4, 0.5) is 0 Å². The molecular weight excluding hydrogens is 266 g/mol. The van der Waals surface area contributed by atoms with Crippen LogP contribution in [0.3, 0.4) is 0 Å². The number of benzene rings is 1. The Morgan fingerprint density at radius 3 is 2.72 bits per heavy atom. The smallest absolute Gasteiger partial charge is 0.120 e. The molecule has 0 saturated heterocycles. The fourth-order valence-electron chi connectivity index (χ4n) is 2.45. The van der Waals surface area contributed by atoms with Crippen molar-refractivity contribution in [1.29, 1.82) is 0 Å². The number of hydrogen-bond donors (Lipinski definition) is 2. The summed E-state index contributed by atoms with van der Waals surface area (Å²) in [6, 6.07) is 5.78. The molecule has 0 unspecified atom stereocenters. The first-order valence-electron chi connectivity index (χ1n) is 6.42. The van der Waals surface area contributed by atoms with Crippen LogP contribution in [0.1, 0.15) is 31.2 Å². The summed E-state index contributed by atoms with van der Waals surface area (Å²) < 4.78 is 0. The van der Waals surface area contributed by atoms with Crippen molar-refractivity contribution in [2.45, 2.75) is 43.5 Å². The van der Waals surface area contributed by atoms with Crippen LogP contribution in [0.2, 0.25) is 5.02 Å². The molecule has 0 radical (unpaired) electrons. The zero-order chi connectivity index (χ0) is 13.0. The fourth-order valence-corrected chi connectivity index (χ4v) is 3.39. The molecule has 1 aromatic rings. The van der Waals surface area contributed by atoms with Gasteiger partial charge in [-0.1, -0.05) is 11.6 Å². The largest absolute Gasteiger partial charge is 0.508 e. The van der Waals surface area contributed by atoms with Crippen LogP contribution < -0.4 is 5.32 Å². The molecular formula is C14H20ClNOS. The minimum absolute atomic E-state index is 0.324. The molecule has 0 aliphatic heterocycles. The van der Waals surface area contributed by atoms with E-state index < -0.39 is 0 Å². The average Bonchev–Trinajstić information content (AvgIpc) is 2.40. The monoisotopic (exact) mass is 285 g/mol. The first kappa shape index (κ1) is 14.0. The molecule has 100 valence electrons. The van der Waals surface area contributed by atoms with Crippen LogP contribution in [-0.4, -0.2) is 22.7 Å². The van der Waals surface area contributed by atoms with E-state index in [1.54, 1.807) is 12.1 Å². The zero-order valence-electron chi connectivity index (χ0n) is 10.7. The van der Waals surface area contributed by atoms with E-state index in [1.165, 1.54) is 25.7 Å². The lowest BCUT2D eigenvalue weighted by Gasteiger charge is -2.28. The number of hydrogen-bond acceptors (Lipinski definition) is 3. The van der Waals surface area contributed by atoms with E-state index in [-0.39, 0.29) is 0 Å². The number of halogens is 1. The summed E-state index contributed by atoms with van der Waals surface area (Å²) in [5.74, 6) is 0.324. The molecule has 18 heavy (non-hydrogen) atoms. The van der Waals surface area contributed by atoms with Crippen molar-refractivity contribution >= 4 is 23.4 Å². The molecule has 0 heterocycles. The Kier molecular flexibility index (Phi) is 5.22. The highest BCUT2D eigenvalue weighted by Gasteiger charge is 2.20. The number of aromatic hydroxyl groups is 1. The van der Waals surface area contributed by atoms with Crippen molar-refractivity contribution in [3.8, 4) is 5.75 Å². The highest BCUT2D eigenvalue weighted by molar-refractivity contribution is 7.99. The number of thioether (sulfide) groups is 1. The molecule has 1 aliphatic rings. The Bertz CT molecular complexity index is 391. The van der Waals surface area contributed by atoms with Gasteiger partial charge < -0.3 is 10.4 Å². The van der Waals surface area contributed by atoms with Crippen molar-refractivity contribution in [3.05, 3.63) is 28.8 Å². The maximum atomic E-state index is 9.74. The molecule has 0 atom stereocenters. The number of nitrogens with one attached hydrogen (secondary N) is 1. The van der Waals surface area contributed by atoms with E-state index in [1.807, 2.05) is 17.8 Å². The SMILES string of the molecule is CSC1CCC(NCc2cc(Cl)ccc2O)CC1. The van der Waals surface area contributed by atoms with Crippen LogP contribution in [0.15, 0.2) is 18.2 Å². The van der Waals surface area contributed by atoms with Gasteiger partial charge in [0.15, 0.2) is 0 Å². The van der Waals surface area contributed by atoms with E-state index >= 15 is 0 Å². The standard InChI is InChI=1S/C14H20ClNOS/c1-18-13-5-3-12(4-6-13)16-9-10-8-11(15)2-7-14(10)17/h2,7-8,12-13,16-17H,3-6,9H2,1H3. The summed E-state index contributed by atoms with van der Waals surface area (Å²) in [7, 11) is 0. The Morgan fingerprint density at radius 2 is 2.06 bits per heavy atom. The van der Waals surface area contributed by atoms with Gasteiger partial charge in [0.2, 0.25) is 0 Å². The lowest BCUT2D eigenvalue weighted by atomic mass is 9.95. The van der Waals surface area contributed by atoms with E-state index in [4.69, 9.17) is 11.6 Å². The summed E-state index contributed by atoms with van der Waals surface area (Å²) in [6.45, 7) is 0.695. The van der Waals surface area contributed by atoms with Crippen LogP contribution in [0, 0.1) is 0 Å². The first-order chi connectivity index (χ1) is 8.69. The van der Waals surface area contributed by atoms with Gasteiger partial charge in [-0.15, -0.1) is 0 Å². The molecule has 0 amide bonds. The third-order valence-corrected chi connectivity index (χ3v) is 5.00. The molecule has 2 N–H and O–H groups in total. The number of phenolic OH excluding ortho intramolecular Hbond substituents is 1. The lowest BCUT2D eigenvalue weighted by molar-refractivity contribution is 0.375. The summed E-state index contributed by atoms with van der Waals surface area (Å²) in [6.07, 6.45) is 7.24. The Hall–Kier alpha value is -0.380. The van der Waals surface area contributed by atoms with Crippen molar-refractivity contribution in [1.82, 2.24) is 5.32 Å². The lowest BCUT2D eigenvalue weighted by Crippen LogP contribution is -2.33. The van der Waals surface area contributed by atoms with Crippen molar-refractivity contribution in [3.63, 3.8) is 0 Å². The maximum Gasteiger partial charge on any atom is 0.120 e. The van der Waals surface area contributed by atoms with E-state index in [0.29, 0.717) is 23.4 Å². The summed E-state index contributed by atoms with van der Waals surface area (Å²) >= 11 is 7.92. The second kappa shape index (κ2) is 6.69. The summed E-state index contributed by atoms with van der Waals surface area (Å²) in [5, 5.41) is 14.8. The third kappa shape index (κ3) is 3.81. The molecule has 0 bridgehead atoms. The first-order valence-corrected chi connectivity index (χ1v) is 8.09. The van der Waals surface area contributed by atoms with Gasteiger partial charge in [0.1, 0.15) is 5.75 Å². The summed E-state index contributed by atoms with van der Waals surface area (Å²) in [4.78, 5) is 0. The van der Waals surface area contributed by atoms with Gasteiger partial charge in [-0.2, -0.15) is 11.8 Å².